The minimum absolute atomic E-state index is 0.00850. The maximum absolute atomic E-state index is 14.2. The molecule has 42 heavy (non-hydrogen) atoms. The van der Waals surface area contributed by atoms with Gasteiger partial charge in [-0.25, -0.2) is 8.78 Å². The van der Waals surface area contributed by atoms with Crippen LogP contribution >= 0.6 is 11.6 Å². The molecule has 5 aromatic rings. The Hall–Kier alpha value is -5.04. The zero-order valence-electron chi connectivity index (χ0n) is 20.9. The van der Waals surface area contributed by atoms with Crippen LogP contribution in [0, 0.1) is 11.6 Å². The quantitative estimate of drug-likeness (QED) is 0.219. The Morgan fingerprint density at radius 1 is 0.976 bits per heavy atom. The molecule has 1 atom stereocenters. The second-order valence-corrected chi connectivity index (χ2v) is 9.85. The molecule has 0 saturated heterocycles. The number of benzene rings is 3. The summed E-state index contributed by atoms with van der Waals surface area (Å²) in [6, 6.07) is 10.2. The van der Waals surface area contributed by atoms with E-state index in [2.05, 4.69) is 20.8 Å². The Balaban J connectivity index is 1.52. The van der Waals surface area contributed by atoms with Crippen LogP contribution in [0.3, 0.4) is 0 Å². The normalized spacial score (nSPS) is 14.6. The number of carbonyl (C=O) groups is 2. The van der Waals surface area contributed by atoms with E-state index >= 15 is 0 Å². The van der Waals surface area contributed by atoms with Crippen LogP contribution in [-0.4, -0.2) is 26.4 Å². The van der Waals surface area contributed by atoms with Crippen LogP contribution in [0.1, 0.15) is 43.4 Å². The number of hydrogen-bond donors (Lipinski definition) is 3. The van der Waals surface area contributed by atoms with E-state index < -0.39 is 46.8 Å². The maximum Gasteiger partial charge on any atom is 0.416 e. The summed E-state index contributed by atoms with van der Waals surface area (Å²) in [6.07, 6.45) is -3.31. The summed E-state index contributed by atoms with van der Waals surface area (Å²) in [5.41, 5.74) is 5.69. The first-order chi connectivity index (χ1) is 19.9. The zero-order chi connectivity index (χ0) is 29.9. The number of nitrogens with one attached hydrogen (secondary N) is 2. The first-order valence-electron chi connectivity index (χ1n) is 12.1. The highest BCUT2D eigenvalue weighted by molar-refractivity contribution is 6.31. The van der Waals surface area contributed by atoms with E-state index in [0.29, 0.717) is 28.9 Å². The largest absolute Gasteiger partial charge is 0.416 e. The van der Waals surface area contributed by atoms with Gasteiger partial charge in [-0.15, -0.1) is 10.2 Å². The zero-order valence-corrected chi connectivity index (χ0v) is 21.7. The number of hydrogen-bond acceptors (Lipinski definition) is 5. The summed E-state index contributed by atoms with van der Waals surface area (Å²) in [5.74, 6) is -3.48. The Kier molecular flexibility index (Phi) is 6.34. The molecule has 6 rings (SSSR count). The van der Waals surface area contributed by atoms with Crippen molar-refractivity contribution in [3.8, 4) is 11.1 Å². The minimum atomic E-state index is -4.91. The number of fused-ring (bicyclic) bond motifs is 2. The lowest BCUT2D eigenvalue weighted by atomic mass is 9.93. The van der Waals surface area contributed by atoms with Gasteiger partial charge in [-0.1, -0.05) is 11.6 Å². The highest BCUT2D eigenvalue weighted by Gasteiger charge is 2.36. The molecule has 0 aliphatic carbocycles. The number of amides is 2. The molecule has 14 heteroatoms. The number of pyridine rings is 1. The van der Waals surface area contributed by atoms with E-state index in [1.807, 2.05) is 0 Å². The fraction of sp³-hybridized carbons (Fsp3) is 0.0714. The van der Waals surface area contributed by atoms with E-state index in [1.54, 1.807) is 18.3 Å². The number of halogens is 6. The summed E-state index contributed by atoms with van der Waals surface area (Å²) >= 11 is 6.33. The van der Waals surface area contributed by atoms with Crippen molar-refractivity contribution < 1.29 is 31.5 Å². The van der Waals surface area contributed by atoms with Gasteiger partial charge in [-0.3, -0.25) is 14.0 Å². The molecule has 1 aliphatic rings. The third-order valence-corrected chi connectivity index (χ3v) is 7.10. The molecule has 0 fully saturated rings. The predicted octanol–water partition coefficient (Wildman–Crippen LogP) is 6.01. The second kappa shape index (κ2) is 9.80. The second-order valence-electron chi connectivity index (χ2n) is 9.44. The molecule has 0 radical (unpaired) electrons. The van der Waals surface area contributed by atoms with Crippen molar-refractivity contribution in [2.24, 2.45) is 0 Å². The first-order valence-corrected chi connectivity index (χ1v) is 12.5. The van der Waals surface area contributed by atoms with Gasteiger partial charge in [0, 0.05) is 39.2 Å². The monoisotopic (exact) mass is 598 g/mol. The third-order valence-electron chi connectivity index (χ3n) is 6.76. The Labute approximate surface area is 237 Å². The van der Waals surface area contributed by atoms with Crippen molar-refractivity contribution in [2.45, 2.75) is 12.2 Å². The number of nitrogen functional groups attached to an aromatic ring is 1. The summed E-state index contributed by atoms with van der Waals surface area (Å²) in [6.45, 7) is 0. The van der Waals surface area contributed by atoms with Crippen LogP contribution in [0.25, 0.3) is 16.8 Å². The smallest absolute Gasteiger partial charge is 0.368 e. The van der Waals surface area contributed by atoms with Crippen molar-refractivity contribution >= 4 is 40.7 Å². The molecule has 0 bridgehead atoms. The maximum atomic E-state index is 14.2. The number of alkyl halides is 3. The van der Waals surface area contributed by atoms with Crippen molar-refractivity contribution in [1.82, 2.24) is 19.9 Å². The molecule has 0 spiro atoms. The molecular weight excluding hydrogens is 583 g/mol. The minimum Gasteiger partial charge on any atom is -0.368 e. The number of aromatic nitrogens is 3. The first kappa shape index (κ1) is 27.1. The van der Waals surface area contributed by atoms with Crippen LogP contribution in [0.4, 0.5) is 33.6 Å². The van der Waals surface area contributed by atoms with Gasteiger partial charge in [0.15, 0.2) is 5.65 Å². The topological polar surface area (TPSA) is 114 Å². The lowest BCUT2D eigenvalue weighted by molar-refractivity contribution is -0.137. The molecule has 4 N–H and O–H groups in total. The average molecular weight is 599 g/mol. The molecule has 212 valence electrons. The van der Waals surface area contributed by atoms with Crippen molar-refractivity contribution in [2.75, 3.05) is 11.1 Å². The molecule has 3 heterocycles. The van der Waals surface area contributed by atoms with Crippen LogP contribution < -0.4 is 16.4 Å². The molecular formula is C28H16ClF5N6O2. The highest BCUT2D eigenvalue weighted by Crippen LogP contribution is 2.42. The third kappa shape index (κ3) is 4.77. The van der Waals surface area contributed by atoms with E-state index in [4.69, 9.17) is 17.3 Å². The molecule has 0 saturated carbocycles. The number of anilines is 2. The van der Waals surface area contributed by atoms with Gasteiger partial charge >= 0.3 is 6.18 Å². The van der Waals surface area contributed by atoms with Gasteiger partial charge in [0.2, 0.25) is 5.95 Å². The van der Waals surface area contributed by atoms with E-state index in [0.717, 1.165) is 12.1 Å². The van der Waals surface area contributed by atoms with Crippen LogP contribution in [-0.2, 0) is 6.18 Å². The highest BCUT2D eigenvalue weighted by atomic mass is 35.5. The van der Waals surface area contributed by atoms with Gasteiger partial charge in [-0.05, 0) is 71.8 Å². The molecule has 2 amide bonds. The Morgan fingerprint density at radius 2 is 1.76 bits per heavy atom. The summed E-state index contributed by atoms with van der Waals surface area (Å²) in [4.78, 5) is 26.4. The van der Waals surface area contributed by atoms with Crippen LogP contribution in [0.15, 0.2) is 66.9 Å². The number of nitrogens with zero attached hydrogens (tertiary/aromatic N) is 3. The Bertz CT molecular complexity index is 1940. The van der Waals surface area contributed by atoms with Gasteiger partial charge in [-0.2, -0.15) is 13.2 Å². The summed E-state index contributed by atoms with van der Waals surface area (Å²) in [5, 5.41) is 13.1. The summed E-state index contributed by atoms with van der Waals surface area (Å²) in [7, 11) is 0. The Morgan fingerprint density at radius 3 is 2.52 bits per heavy atom. The number of carbonyl (C=O) groups excluding carboxylic acids is 2. The van der Waals surface area contributed by atoms with E-state index in [1.165, 1.54) is 22.6 Å². The number of rotatable bonds is 4. The van der Waals surface area contributed by atoms with Gasteiger partial charge in [0.1, 0.15) is 11.6 Å². The number of nitrogens with two attached hydrogens (primary N) is 1. The SMILES string of the molecule is Nc1nnc2ccc(-c3cc(NC(=O)c4cc(F)cc(C(F)(F)F)c4)c4c(c3)C(=O)NC4c3cc(F)ccc3Cl)cn12. The van der Waals surface area contributed by atoms with Gasteiger partial charge < -0.3 is 16.4 Å². The molecule has 3 aromatic carbocycles. The van der Waals surface area contributed by atoms with Gasteiger partial charge in [0.05, 0.1) is 11.6 Å². The standard InChI is InChI=1S/C28H16ClF5N6O2/c29-20-3-2-16(30)10-18(20)24-23-19(26(42)37-24)7-13(12-1-4-22-38-39-27(35)40(22)11-12)8-21(23)36-25(41)14-5-15(28(32,33)34)9-17(31)6-14/h1-11,24H,(H2,35,39)(H,36,41)(H,37,42). The van der Waals surface area contributed by atoms with E-state index in [-0.39, 0.29) is 39.4 Å². The van der Waals surface area contributed by atoms with Crippen molar-refractivity contribution in [3.05, 3.63) is 111 Å². The molecule has 1 aliphatic heterocycles. The lowest BCUT2D eigenvalue weighted by Crippen LogP contribution is -2.21. The van der Waals surface area contributed by atoms with Crippen molar-refractivity contribution in [1.29, 1.82) is 0 Å². The van der Waals surface area contributed by atoms with Crippen LogP contribution in [0.2, 0.25) is 5.02 Å². The van der Waals surface area contributed by atoms with Gasteiger partial charge in [0.25, 0.3) is 11.8 Å². The molecule has 8 nitrogen and oxygen atoms in total. The predicted molar refractivity (Wildman–Crippen MR) is 143 cm³/mol. The fourth-order valence-corrected chi connectivity index (χ4v) is 5.06. The van der Waals surface area contributed by atoms with Crippen LogP contribution in [0.5, 0.6) is 0 Å². The lowest BCUT2D eigenvalue weighted by Gasteiger charge is -2.19. The average Bonchev–Trinajstić information content (AvgIpc) is 3.48. The fourth-order valence-electron chi connectivity index (χ4n) is 4.83. The van der Waals surface area contributed by atoms with Crippen molar-refractivity contribution in [3.63, 3.8) is 0 Å². The summed E-state index contributed by atoms with van der Waals surface area (Å²) < 4.78 is 69.8. The molecule has 2 aromatic heterocycles. The molecule has 1 unspecified atom stereocenters. The van der Waals surface area contributed by atoms with E-state index in [9.17, 15) is 31.5 Å².